The van der Waals surface area contributed by atoms with Crippen LogP contribution in [0.5, 0.6) is 0 Å². The van der Waals surface area contributed by atoms with Crippen molar-refractivity contribution in [3.63, 3.8) is 0 Å². The minimum absolute atomic E-state index is 0. The predicted octanol–water partition coefficient (Wildman–Crippen LogP) is 2.19. The Morgan fingerprint density at radius 2 is 2.08 bits per heavy atom. The third-order valence-corrected chi connectivity index (χ3v) is 4.84. The van der Waals surface area contributed by atoms with Gasteiger partial charge in [-0.05, 0) is 32.1 Å². The van der Waals surface area contributed by atoms with Crippen LogP contribution in [0.4, 0.5) is 0 Å². The highest BCUT2D eigenvalue weighted by Gasteiger charge is 2.31. The van der Waals surface area contributed by atoms with Crippen molar-refractivity contribution in [1.29, 1.82) is 0 Å². The lowest BCUT2D eigenvalue weighted by molar-refractivity contribution is -0.122. The van der Waals surface area contributed by atoms with Crippen LogP contribution in [0.15, 0.2) is 10.6 Å². The maximum atomic E-state index is 12.4. The fourth-order valence-corrected chi connectivity index (χ4v) is 3.44. The average Bonchev–Trinajstić information content (AvgIpc) is 3.04. The Morgan fingerprint density at radius 3 is 2.65 bits per heavy atom. The van der Waals surface area contributed by atoms with E-state index in [1.54, 1.807) is 6.07 Å². The van der Waals surface area contributed by atoms with Crippen molar-refractivity contribution >= 4 is 24.2 Å². The summed E-state index contributed by atoms with van der Waals surface area (Å²) in [7, 11) is 0. The molecule has 7 nitrogen and oxygen atoms in total. The quantitative estimate of drug-likeness (QED) is 0.665. The first-order chi connectivity index (χ1) is 11.9. The van der Waals surface area contributed by atoms with Crippen molar-refractivity contribution < 1.29 is 14.1 Å². The molecule has 1 aliphatic rings. The molecule has 4 N–H and O–H groups in total. The smallest absolute Gasteiger partial charge is 0.273 e. The van der Waals surface area contributed by atoms with Crippen molar-refractivity contribution in [2.24, 2.45) is 11.7 Å². The van der Waals surface area contributed by atoms with Gasteiger partial charge in [0, 0.05) is 37.0 Å². The van der Waals surface area contributed by atoms with Gasteiger partial charge in [0.2, 0.25) is 5.91 Å². The topological polar surface area (TPSA) is 110 Å². The van der Waals surface area contributed by atoms with E-state index in [1.807, 2.05) is 13.8 Å². The summed E-state index contributed by atoms with van der Waals surface area (Å²) in [5, 5.41) is 9.99. The van der Waals surface area contributed by atoms with Crippen molar-refractivity contribution in [1.82, 2.24) is 15.8 Å². The maximum absolute atomic E-state index is 12.4. The van der Waals surface area contributed by atoms with Gasteiger partial charge in [-0.15, -0.1) is 12.4 Å². The summed E-state index contributed by atoms with van der Waals surface area (Å²) in [5.74, 6) is 0.854. The fourth-order valence-electron chi connectivity index (χ4n) is 3.44. The van der Waals surface area contributed by atoms with E-state index < -0.39 is 0 Å². The number of halogens is 1. The second-order valence-corrected chi connectivity index (χ2v) is 7.04. The van der Waals surface area contributed by atoms with E-state index in [2.05, 4.69) is 22.7 Å². The first kappa shape index (κ1) is 22.4. The van der Waals surface area contributed by atoms with Gasteiger partial charge < -0.3 is 20.9 Å². The minimum atomic E-state index is -0.189. The Morgan fingerprint density at radius 1 is 1.35 bits per heavy atom. The number of hydrogen-bond donors (Lipinski definition) is 3. The van der Waals surface area contributed by atoms with Crippen LogP contribution >= 0.6 is 12.4 Å². The van der Waals surface area contributed by atoms with Crippen LogP contribution in [0, 0.1) is 5.92 Å². The van der Waals surface area contributed by atoms with Crippen molar-refractivity contribution in [2.45, 2.75) is 77.4 Å². The molecule has 2 rings (SSSR count). The van der Waals surface area contributed by atoms with Gasteiger partial charge in [0.1, 0.15) is 5.76 Å². The monoisotopic (exact) mass is 386 g/mol. The number of aromatic nitrogens is 1. The fraction of sp³-hybridized carbons (Fsp3) is 0.722. The predicted molar refractivity (Wildman–Crippen MR) is 102 cm³/mol. The van der Waals surface area contributed by atoms with Gasteiger partial charge in [0.05, 0.1) is 0 Å². The summed E-state index contributed by atoms with van der Waals surface area (Å²) in [6.45, 7) is 5.90. The molecule has 148 valence electrons. The van der Waals surface area contributed by atoms with Gasteiger partial charge in [0.25, 0.3) is 5.91 Å². The highest BCUT2D eigenvalue weighted by molar-refractivity contribution is 5.92. The van der Waals surface area contributed by atoms with Gasteiger partial charge in [-0.25, -0.2) is 0 Å². The van der Waals surface area contributed by atoms with E-state index in [-0.39, 0.29) is 42.3 Å². The summed E-state index contributed by atoms with van der Waals surface area (Å²) in [4.78, 5) is 24.3. The third kappa shape index (κ3) is 6.29. The van der Waals surface area contributed by atoms with Crippen LogP contribution in [0.1, 0.15) is 69.1 Å². The number of carbonyl (C=O) groups excluding carboxylic acids is 2. The zero-order valence-corrected chi connectivity index (χ0v) is 16.6. The lowest BCUT2D eigenvalue weighted by Crippen LogP contribution is -2.49. The van der Waals surface area contributed by atoms with E-state index in [1.165, 1.54) is 0 Å². The van der Waals surface area contributed by atoms with Gasteiger partial charge >= 0.3 is 0 Å². The molecule has 0 saturated heterocycles. The van der Waals surface area contributed by atoms with Crippen LogP contribution in [0.2, 0.25) is 0 Å². The van der Waals surface area contributed by atoms with Crippen molar-refractivity contribution in [3.8, 4) is 0 Å². The van der Waals surface area contributed by atoms with Gasteiger partial charge in [0.15, 0.2) is 5.69 Å². The van der Waals surface area contributed by atoms with E-state index in [0.717, 1.165) is 25.7 Å². The number of nitrogens with zero attached hydrogens (tertiary/aromatic N) is 1. The standard InChI is InChI=1S/C18H30N4O3.ClH/c1-4-12-9-13(20-17(23)8-11(3)19)6-7-15(12)21-18(24)16-10-14(5-2)25-22-16;/h10-13,15H,4-9,19H2,1-3H3,(H,20,23)(H,21,24);1H/t11-,12+,13-,15-;/m1./s1. The molecule has 0 aliphatic heterocycles. The maximum Gasteiger partial charge on any atom is 0.273 e. The van der Waals surface area contributed by atoms with E-state index in [4.69, 9.17) is 10.3 Å². The molecule has 0 bridgehead atoms. The molecule has 8 heteroatoms. The molecule has 0 spiro atoms. The third-order valence-electron chi connectivity index (χ3n) is 4.84. The molecule has 0 unspecified atom stereocenters. The summed E-state index contributed by atoms with van der Waals surface area (Å²) in [5.41, 5.74) is 6.01. The number of nitrogens with one attached hydrogen (secondary N) is 2. The SMILES string of the molecule is CCc1cc(C(=O)N[C@@H]2CC[C@@H](NC(=O)C[C@@H](C)N)C[C@@H]2CC)no1.Cl. The zero-order chi connectivity index (χ0) is 18.4. The van der Waals surface area contributed by atoms with Crippen LogP contribution in [-0.2, 0) is 11.2 Å². The van der Waals surface area contributed by atoms with Gasteiger partial charge in [-0.2, -0.15) is 0 Å². The largest absolute Gasteiger partial charge is 0.361 e. The summed E-state index contributed by atoms with van der Waals surface area (Å²) >= 11 is 0. The van der Waals surface area contributed by atoms with Crippen LogP contribution in [-0.4, -0.2) is 35.1 Å². The Kier molecular flexibility index (Phi) is 9.08. The lowest BCUT2D eigenvalue weighted by Gasteiger charge is -2.36. The second-order valence-electron chi connectivity index (χ2n) is 7.04. The van der Waals surface area contributed by atoms with Gasteiger partial charge in [-0.1, -0.05) is 25.4 Å². The molecule has 0 aromatic carbocycles. The summed E-state index contributed by atoms with van der Waals surface area (Å²) in [6, 6.07) is 1.81. The number of amides is 2. The molecule has 1 fully saturated rings. The first-order valence-corrected chi connectivity index (χ1v) is 9.24. The molecule has 2 amide bonds. The van der Waals surface area contributed by atoms with Crippen LogP contribution in [0.3, 0.4) is 0 Å². The zero-order valence-electron chi connectivity index (χ0n) is 15.8. The second kappa shape index (κ2) is 10.5. The first-order valence-electron chi connectivity index (χ1n) is 9.24. The number of nitrogens with two attached hydrogens (primary N) is 1. The Labute approximate surface area is 161 Å². The normalized spacial score (nSPS) is 23.6. The van der Waals surface area contributed by atoms with Gasteiger partial charge in [-0.3, -0.25) is 9.59 Å². The summed E-state index contributed by atoms with van der Waals surface area (Å²) < 4.78 is 5.10. The Hall–Kier alpha value is -1.60. The van der Waals surface area contributed by atoms with E-state index in [9.17, 15) is 9.59 Å². The number of hydrogen-bond acceptors (Lipinski definition) is 5. The minimum Gasteiger partial charge on any atom is -0.361 e. The molecule has 4 atom stereocenters. The molecule has 0 radical (unpaired) electrons. The molecule has 1 heterocycles. The van der Waals surface area contributed by atoms with Crippen molar-refractivity contribution in [3.05, 3.63) is 17.5 Å². The van der Waals surface area contributed by atoms with Crippen LogP contribution < -0.4 is 16.4 Å². The molecular formula is C18H31ClN4O3. The van der Waals surface area contributed by atoms with Crippen molar-refractivity contribution in [2.75, 3.05) is 0 Å². The molecule has 1 saturated carbocycles. The van der Waals surface area contributed by atoms with E-state index in [0.29, 0.717) is 30.2 Å². The van der Waals surface area contributed by atoms with E-state index >= 15 is 0 Å². The number of aryl methyl sites for hydroxylation is 1. The average molecular weight is 387 g/mol. The molecule has 1 aliphatic carbocycles. The summed E-state index contributed by atoms with van der Waals surface area (Å²) in [6.07, 6.45) is 4.56. The van der Waals surface area contributed by atoms with Crippen LogP contribution in [0.25, 0.3) is 0 Å². The molecule has 26 heavy (non-hydrogen) atoms. The highest BCUT2D eigenvalue weighted by Crippen LogP contribution is 2.27. The molecule has 1 aromatic heterocycles. The Bertz CT molecular complexity index is 591. The number of carbonyl (C=O) groups is 2. The highest BCUT2D eigenvalue weighted by atomic mass is 35.5. The molecular weight excluding hydrogens is 356 g/mol. The molecule has 1 aromatic rings. The number of rotatable bonds is 7. The lowest BCUT2D eigenvalue weighted by atomic mass is 9.80. The Balaban J connectivity index is 0.00000338.